The molecular formula is C14H14BrN5. The first-order chi connectivity index (χ1) is 9.66. The predicted octanol–water partition coefficient (Wildman–Crippen LogP) is 2.42. The highest BCUT2D eigenvalue weighted by Gasteiger charge is 2.19. The Morgan fingerprint density at radius 3 is 2.60 bits per heavy atom. The van der Waals surface area contributed by atoms with Crippen LogP contribution in [0.25, 0.3) is 5.69 Å². The number of halogens is 1. The second-order valence-corrected chi connectivity index (χ2v) is 5.35. The molecule has 0 saturated carbocycles. The molecule has 1 aromatic carbocycles. The van der Waals surface area contributed by atoms with E-state index in [4.69, 9.17) is 5.73 Å². The maximum absolute atomic E-state index is 6.29. The summed E-state index contributed by atoms with van der Waals surface area (Å²) in [6, 6.07) is 11.6. The molecule has 0 amide bonds. The molecule has 0 spiro atoms. The van der Waals surface area contributed by atoms with Crippen molar-refractivity contribution in [2.24, 2.45) is 12.8 Å². The third kappa shape index (κ3) is 2.28. The molecule has 2 aromatic heterocycles. The van der Waals surface area contributed by atoms with Gasteiger partial charge in [0.1, 0.15) is 0 Å². The van der Waals surface area contributed by atoms with E-state index in [2.05, 4.69) is 26.1 Å². The minimum Gasteiger partial charge on any atom is -0.318 e. The Balaban J connectivity index is 1.95. The van der Waals surface area contributed by atoms with Crippen molar-refractivity contribution in [1.29, 1.82) is 0 Å². The number of hydrogen-bond donors (Lipinski definition) is 1. The topological polar surface area (TPSA) is 61.7 Å². The lowest BCUT2D eigenvalue weighted by Gasteiger charge is -2.10. The Hall–Kier alpha value is -1.92. The van der Waals surface area contributed by atoms with Crippen LogP contribution in [0.2, 0.25) is 0 Å². The fourth-order valence-corrected chi connectivity index (χ4v) is 2.73. The number of benzene rings is 1. The second-order valence-electron chi connectivity index (χ2n) is 4.50. The average Bonchev–Trinajstić information content (AvgIpc) is 3.07. The lowest BCUT2D eigenvalue weighted by molar-refractivity contribution is 0.655. The summed E-state index contributed by atoms with van der Waals surface area (Å²) in [6.07, 6.45) is 3.65. The van der Waals surface area contributed by atoms with Crippen LogP contribution >= 0.6 is 15.9 Å². The quantitative estimate of drug-likeness (QED) is 0.801. The molecule has 20 heavy (non-hydrogen) atoms. The van der Waals surface area contributed by atoms with Crippen molar-refractivity contribution < 1.29 is 0 Å². The molecule has 0 aliphatic rings. The molecule has 0 fully saturated rings. The number of rotatable bonds is 3. The Morgan fingerprint density at radius 1 is 1.20 bits per heavy atom. The van der Waals surface area contributed by atoms with E-state index >= 15 is 0 Å². The molecule has 3 aromatic rings. The van der Waals surface area contributed by atoms with Crippen molar-refractivity contribution in [3.05, 3.63) is 64.7 Å². The van der Waals surface area contributed by atoms with Gasteiger partial charge >= 0.3 is 0 Å². The molecule has 102 valence electrons. The van der Waals surface area contributed by atoms with Gasteiger partial charge < -0.3 is 5.73 Å². The Morgan fingerprint density at radius 2 is 1.95 bits per heavy atom. The van der Waals surface area contributed by atoms with E-state index in [1.165, 1.54) is 0 Å². The minimum atomic E-state index is -0.318. The standard InChI is InChI=1S/C14H14BrN5/c1-19-14(11(15)9-17-19)13(16)12-7-8-20(18-12)10-5-3-2-4-6-10/h2-9,13H,16H2,1H3. The van der Waals surface area contributed by atoms with Crippen LogP contribution in [-0.4, -0.2) is 19.6 Å². The number of para-hydroxylation sites is 1. The van der Waals surface area contributed by atoms with E-state index in [-0.39, 0.29) is 6.04 Å². The maximum Gasteiger partial charge on any atom is 0.0927 e. The van der Waals surface area contributed by atoms with Gasteiger partial charge in [-0.2, -0.15) is 10.2 Å². The third-order valence-electron chi connectivity index (χ3n) is 3.18. The molecule has 6 heteroatoms. The van der Waals surface area contributed by atoms with Crippen LogP contribution < -0.4 is 5.73 Å². The van der Waals surface area contributed by atoms with Crippen LogP contribution in [0.1, 0.15) is 17.4 Å². The van der Waals surface area contributed by atoms with Gasteiger partial charge in [0, 0.05) is 13.2 Å². The van der Waals surface area contributed by atoms with Gasteiger partial charge in [0.05, 0.1) is 33.8 Å². The van der Waals surface area contributed by atoms with Crippen molar-refractivity contribution in [2.45, 2.75) is 6.04 Å². The molecule has 2 heterocycles. The van der Waals surface area contributed by atoms with E-state index in [0.717, 1.165) is 21.5 Å². The van der Waals surface area contributed by atoms with Crippen LogP contribution in [0.4, 0.5) is 0 Å². The highest BCUT2D eigenvalue weighted by atomic mass is 79.9. The van der Waals surface area contributed by atoms with Gasteiger partial charge in [-0.25, -0.2) is 4.68 Å². The minimum absolute atomic E-state index is 0.318. The second kappa shape index (κ2) is 5.22. The van der Waals surface area contributed by atoms with Crippen LogP contribution in [0, 0.1) is 0 Å². The van der Waals surface area contributed by atoms with Gasteiger partial charge in [-0.1, -0.05) is 18.2 Å². The van der Waals surface area contributed by atoms with Crippen LogP contribution in [0.3, 0.4) is 0 Å². The fourth-order valence-electron chi connectivity index (χ4n) is 2.14. The largest absolute Gasteiger partial charge is 0.318 e. The molecule has 5 nitrogen and oxygen atoms in total. The number of aryl methyl sites for hydroxylation is 1. The molecule has 0 radical (unpaired) electrons. The number of nitrogens with two attached hydrogens (primary N) is 1. The monoisotopic (exact) mass is 331 g/mol. The van der Waals surface area contributed by atoms with Gasteiger partial charge in [0.25, 0.3) is 0 Å². The van der Waals surface area contributed by atoms with Gasteiger partial charge in [0.15, 0.2) is 0 Å². The van der Waals surface area contributed by atoms with Crippen molar-refractivity contribution in [1.82, 2.24) is 19.6 Å². The summed E-state index contributed by atoms with van der Waals surface area (Å²) in [4.78, 5) is 0. The first-order valence-electron chi connectivity index (χ1n) is 6.21. The molecular weight excluding hydrogens is 318 g/mol. The van der Waals surface area contributed by atoms with Crippen LogP contribution in [-0.2, 0) is 7.05 Å². The van der Waals surface area contributed by atoms with E-state index in [0.29, 0.717) is 0 Å². The van der Waals surface area contributed by atoms with Crippen molar-refractivity contribution in [3.63, 3.8) is 0 Å². The van der Waals surface area contributed by atoms with Crippen molar-refractivity contribution in [3.8, 4) is 5.69 Å². The highest BCUT2D eigenvalue weighted by Crippen LogP contribution is 2.25. The lowest BCUT2D eigenvalue weighted by Crippen LogP contribution is -2.17. The van der Waals surface area contributed by atoms with Gasteiger partial charge in [-0.3, -0.25) is 4.68 Å². The summed E-state index contributed by atoms with van der Waals surface area (Å²) in [7, 11) is 1.87. The summed E-state index contributed by atoms with van der Waals surface area (Å²) in [5.41, 5.74) is 9.01. The zero-order valence-corrected chi connectivity index (χ0v) is 12.5. The predicted molar refractivity (Wildman–Crippen MR) is 80.5 cm³/mol. The number of aromatic nitrogens is 4. The van der Waals surface area contributed by atoms with Crippen LogP contribution in [0.15, 0.2) is 53.3 Å². The van der Waals surface area contributed by atoms with E-state index in [9.17, 15) is 0 Å². The summed E-state index contributed by atoms with van der Waals surface area (Å²) in [5, 5.41) is 8.73. The molecule has 1 atom stereocenters. The highest BCUT2D eigenvalue weighted by molar-refractivity contribution is 9.10. The first-order valence-corrected chi connectivity index (χ1v) is 7.00. The van der Waals surface area contributed by atoms with Gasteiger partial charge in [0.2, 0.25) is 0 Å². The molecule has 0 bridgehead atoms. The molecule has 0 aliphatic carbocycles. The first kappa shape index (κ1) is 13.1. The third-order valence-corrected chi connectivity index (χ3v) is 3.79. The maximum atomic E-state index is 6.29. The molecule has 1 unspecified atom stereocenters. The summed E-state index contributed by atoms with van der Waals surface area (Å²) in [6.45, 7) is 0. The van der Waals surface area contributed by atoms with E-state index in [1.807, 2.05) is 54.3 Å². The Bertz CT molecular complexity index is 697. The average molecular weight is 332 g/mol. The van der Waals surface area contributed by atoms with Gasteiger partial charge in [-0.05, 0) is 34.1 Å². The van der Waals surface area contributed by atoms with Gasteiger partial charge in [-0.15, -0.1) is 0 Å². The molecule has 0 saturated heterocycles. The summed E-state index contributed by atoms with van der Waals surface area (Å²) in [5.74, 6) is 0. The van der Waals surface area contributed by atoms with Crippen LogP contribution in [0.5, 0.6) is 0 Å². The van der Waals surface area contributed by atoms with Crippen molar-refractivity contribution >= 4 is 15.9 Å². The number of nitrogens with zero attached hydrogens (tertiary/aromatic N) is 4. The number of hydrogen-bond acceptors (Lipinski definition) is 3. The molecule has 3 rings (SSSR count). The Kier molecular flexibility index (Phi) is 3.42. The summed E-state index contributed by atoms with van der Waals surface area (Å²) >= 11 is 3.47. The normalized spacial score (nSPS) is 12.6. The SMILES string of the molecule is Cn1ncc(Br)c1C(N)c1ccn(-c2ccccc2)n1. The van der Waals surface area contributed by atoms with E-state index in [1.54, 1.807) is 10.9 Å². The zero-order valence-electron chi connectivity index (χ0n) is 10.9. The zero-order chi connectivity index (χ0) is 14.1. The lowest BCUT2D eigenvalue weighted by atomic mass is 10.1. The molecule has 2 N–H and O–H groups in total. The van der Waals surface area contributed by atoms with Crippen molar-refractivity contribution in [2.75, 3.05) is 0 Å². The van der Waals surface area contributed by atoms with E-state index < -0.39 is 0 Å². The Labute approximate surface area is 125 Å². The summed E-state index contributed by atoms with van der Waals surface area (Å²) < 4.78 is 4.47. The molecule has 0 aliphatic heterocycles. The smallest absolute Gasteiger partial charge is 0.0927 e. The fraction of sp³-hybridized carbons (Fsp3) is 0.143.